The van der Waals surface area contributed by atoms with E-state index in [9.17, 15) is 4.79 Å². The van der Waals surface area contributed by atoms with Gasteiger partial charge in [-0.2, -0.15) is 4.98 Å². The molecule has 1 aliphatic heterocycles. The lowest BCUT2D eigenvalue weighted by Crippen LogP contribution is -2.21. The van der Waals surface area contributed by atoms with Crippen molar-refractivity contribution in [1.29, 1.82) is 0 Å². The molecule has 1 amide bonds. The first-order valence-electron chi connectivity index (χ1n) is 6.59. The van der Waals surface area contributed by atoms with Crippen molar-refractivity contribution < 1.29 is 9.32 Å². The zero-order valence-electron chi connectivity index (χ0n) is 11.5. The number of carbonyl (C=O) groups excluding carboxylic acids is 1. The van der Waals surface area contributed by atoms with Crippen LogP contribution in [0.3, 0.4) is 0 Å². The number of carbonyl (C=O) groups is 1. The fourth-order valence-corrected chi connectivity index (χ4v) is 2.78. The second-order valence-electron chi connectivity index (χ2n) is 4.86. The van der Waals surface area contributed by atoms with E-state index in [2.05, 4.69) is 20.4 Å². The first-order chi connectivity index (χ1) is 10.6. The van der Waals surface area contributed by atoms with Crippen LogP contribution >= 0.6 is 11.6 Å². The van der Waals surface area contributed by atoms with E-state index >= 15 is 0 Å². The maximum Gasteiger partial charge on any atom is 0.255 e. The number of halogens is 1. The first-order valence-corrected chi connectivity index (χ1v) is 6.97. The van der Waals surface area contributed by atoms with Gasteiger partial charge in [-0.05, 0) is 12.1 Å². The molecule has 1 aliphatic rings. The SMILES string of the molecule is Cc1nc(-c2ncn3c2CNC(=O)c2c(Cl)cccc2-3)no1. The average Bonchev–Trinajstić information content (AvgIpc) is 3.07. The van der Waals surface area contributed by atoms with E-state index in [0.717, 1.165) is 5.69 Å². The molecule has 110 valence electrons. The minimum Gasteiger partial charge on any atom is -0.346 e. The number of nitrogens with one attached hydrogen (secondary N) is 1. The Morgan fingerprint density at radius 1 is 1.41 bits per heavy atom. The van der Waals surface area contributed by atoms with E-state index in [1.54, 1.807) is 25.4 Å². The van der Waals surface area contributed by atoms with Gasteiger partial charge in [0.15, 0.2) is 0 Å². The molecule has 0 spiro atoms. The van der Waals surface area contributed by atoms with Crippen LogP contribution in [0, 0.1) is 6.92 Å². The third-order valence-electron chi connectivity index (χ3n) is 3.50. The Balaban J connectivity index is 1.96. The molecule has 0 atom stereocenters. The number of amides is 1. The van der Waals surface area contributed by atoms with Gasteiger partial charge in [-0.1, -0.05) is 22.8 Å². The van der Waals surface area contributed by atoms with Gasteiger partial charge in [-0.25, -0.2) is 4.98 Å². The van der Waals surface area contributed by atoms with E-state index in [0.29, 0.717) is 40.2 Å². The van der Waals surface area contributed by atoms with Gasteiger partial charge < -0.3 is 9.84 Å². The zero-order chi connectivity index (χ0) is 15.3. The van der Waals surface area contributed by atoms with Crippen LogP contribution in [0.1, 0.15) is 21.9 Å². The summed E-state index contributed by atoms with van der Waals surface area (Å²) in [4.78, 5) is 20.8. The van der Waals surface area contributed by atoms with Gasteiger partial charge in [0.1, 0.15) is 12.0 Å². The monoisotopic (exact) mass is 315 g/mol. The van der Waals surface area contributed by atoms with Gasteiger partial charge >= 0.3 is 0 Å². The van der Waals surface area contributed by atoms with Crippen LogP contribution in [0.25, 0.3) is 17.2 Å². The highest BCUT2D eigenvalue weighted by molar-refractivity contribution is 6.34. The number of aromatic nitrogens is 4. The molecule has 3 heterocycles. The summed E-state index contributed by atoms with van der Waals surface area (Å²) >= 11 is 6.17. The van der Waals surface area contributed by atoms with Gasteiger partial charge in [0.05, 0.1) is 28.5 Å². The number of aryl methyl sites for hydroxylation is 1. The fourth-order valence-electron chi connectivity index (χ4n) is 2.52. The molecule has 0 saturated heterocycles. The summed E-state index contributed by atoms with van der Waals surface area (Å²) in [6, 6.07) is 5.30. The van der Waals surface area contributed by atoms with Crippen molar-refractivity contribution in [3.63, 3.8) is 0 Å². The van der Waals surface area contributed by atoms with Crippen LogP contribution in [0.2, 0.25) is 5.02 Å². The van der Waals surface area contributed by atoms with E-state index in [1.807, 2.05) is 10.6 Å². The molecule has 1 N–H and O–H groups in total. The molecular formula is C14H10ClN5O2. The Hall–Kier alpha value is -2.67. The predicted octanol–water partition coefficient (Wildman–Crippen LogP) is 2.13. The summed E-state index contributed by atoms with van der Waals surface area (Å²) < 4.78 is 6.82. The van der Waals surface area contributed by atoms with Crippen molar-refractivity contribution >= 4 is 17.5 Å². The normalized spacial score (nSPS) is 13.3. The molecule has 0 fully saturated rings. The smallest absolute Gasteiger partial charge is 0.255 e. The van der Waals surface area contributed by atoms with Gasteiger partial charge in [0.25, 0.3) is 5.91 Å². The summed E-state index contributed by atoms with van der Waals surface area (Å²) in [5.74, 6) is 0.628. The van der Waals surface area contributed by atoms with Crippen LogP contribution in [-0.2, 0) is 6.54 Å². The molecule has 0 aliphatic carbocycles. The lowest BCUT2D eigenvalue weighted by Gasteiger charge is -2.08. The highest BCUT2D eigenvalue weighted by atomic mass is 35.5. The number of benzene rings is 1. The minimum atomic E-state index is -0.223. The quantitative estimate of drug-likeness (QED) is 0.743. The Labute approximate surface area is 129 Å². The Kier molecular flexibility index (Phi) is 2.77. The summed E-state index contributed by atoms with van der Waals surface area (Å²) in [5.41, 5.74) is 2.45. The van der Waals surface area contributed by atoms with Gasteiger partial charge in [-0.3, -0.25) is 9.36 Å². The van der Waals surface area contributed by atoms with Crippen LogP contribution in [0.5, 0.6) is 0 Å². The molecule has 7 nitrogen and oxygen atoms in total. The average molecular weight is 316 g/mol. The number of rotatable bonds is 1. The Bertz CT molecular complexity index is 899. The van der Waals surface area contributed by atoms with Crippen molar-refractivity contribution in [3.8, 4) is 17.2 Å². The van der Waals surface area contributed by atoms with Gasteiger partial charge in [0.2, 0.25) is 11.7 Å². The molecule has 0 saturated carbocycles. The van der Waals surface area contributed by atoms with E-state index in [4.69, 9.17) is 16.1 Å². The van der Waals surface area contributed by atoms with Crippen molar-refractivity contribution in [1.82, 2.24) is 25.0 Å². The van der Waals surface area contributed by atoms with Gasteiger partial charge in [-0.15, -0.1) is 0 Å². The fraction of sp³-hybridized carbons (Fsp3) is 0.143. The van der Waals surface area contributed by atoms with Gasteiger partial charge in [0, 0.05) is 6.92 Å². The predicted molar refractivity (Wildman–Crippen MR) is 77.8 cm³/mol. The molecule has 0 unspecified atom stereocenters. The molecule has 1 aromatic carbocycles. The van der Waals surface area contributed by atoms with E-state index < -0.39 is 0 Å². The van der Waals surface area contributed by atoms with Crippen molar-refractivity contribution in [3.05, 3.63) is 46.7 Å². The van der Waals surface area contributed by atoms with Crippen LogP contribution in [0.15, 0.2) is 29.0 Å². The molecule has 4 rings (SSSR count). The number of hydrogen-bond acceptors (Lipinski definition) is 5. The third kappa shape index (κ3) is 1.82. The van der Waals surface area contributed by atoms with E-state index in [-0.39, 0.29) is 5.91 Å². The highest BCUT2D eigenvalue weighted by Crippen LogP contribution is 2.30. The van der Waals surface area contributed by atoms with Crippen LogP contribution in [-0.4, -0.2) is 25.6 Å². The number of fused-ring (bicyclic) bond motifs is 3. The number of nitrogens with zero attached hydrogens (tertiary/aromatic N) is 4. The molecule has 3 aromatic rings. The summed E-state index contributed by atoms with van der Waals surface area (Å²) in [6.07, 6.45) is 1.63. The molecular weight excluding hydrogens is 306 g/mol. The number of imidazole rings is 1. The van der Waals surface area contributed by atoms with Crippen LogP contribution in [0.4, 0.5) is 0 Å². The van der Waals surface area contributed by atoms with Crippen molar-refractivity contribution in [2.24, 2.45) is 0 Å². The highest BCUT2D eigenvalue weighted by Gasteiger charge is 2.26. The standard InChI is InChI=1S/C14H10ClN5O2/c1-7-18-13(19-22-7)12-10-5-16-14(21)11-8(15)3-2-4-9(11)20(10)6-17-12/h2-4,6H,5H2,1H3,(H,16,21). The zero-order valence-corrected chi connectivity index (χ0v) is 12.3. The first kappa shape index (κ1) is 13.0. The summed E-state index contributed by atoms with van der Waals surface area (Å²) in [5, 5.41) is 7.12. The maximum atomic E-state index is 12.3. The molecule has 22 heavy (non-hydrogen) atoms. The Morgan fingerprint density at radius 2 is 2.27 bits per heavy atom. The van der Waals surface area contributed by atoms with E-state index in [1.165, 1.54) is 0 Å². The largest absolute Gasteiger partial charge is 0.346 e. The molecule has 2 aromatic heterocycles. The van der Waals surface area contributed by atoms with Crippen molar-refractivity contribution in [2.45, 2.75) is 13.5 Å². The topological polar surface area (TPSA) is 85.8 Å². The summed E-state index contributed by atoms with van der Waals surface area (Å²) in [6.45, 7) is 2.01. The maximum absolute atomic E-state index is 12.3. The molecule has 8 heteroatoms. The second-order valence-corrected chi connectivity index (χ2v) is 5.27. The second kappa shape index (κ2) is 4.67. The molecule has 0 radical (unpaired) electrons. The molecule has 0 bridgehead atoms. The number of hydrogen-bond donors (Lipinski definition) is 1. The van der Waals surface area contributed by atoms with Crippen molar-refractivity contribution in [2.75, 3.05) is 0 Å². The van der Waals surface area contributed by atoms with Crippen LogP contribution < -0.4 is 5.32 Å². The minimum absolute atomic E-state index is 0.223. The Morgan fingerprint density at radius 3 is 3.05 bits per heavy atom. The third-order valence-corrected chi connectivity index (χ3v) is 3.82. The lowest BCUT2D eigenvalue weighted by atomic mass is 10.1. The summed E-state index contributed by atoms with van der Waals surface area (Å²) in [7, 11) is 0. The lowest BCUT2D eigenvalue weighted by molar-refractivity contribution is 0.0953.